The highest BCUT2D eigenvalue weighted by Gasteiger charge is 2.63. The van der Waals surface area contributed by atoms with Crippen LogP contribution in [0.3, 0.4) is 0 Å². The van der Waals surface area contributed by atoms with Crippen LogP contribution in [0.2, 0.25) is 0 Å². The van der Waals surface area contributed by atoms with Crippen molar-refractivity contribution in [1.29, 1.82) is 10.5 Å². The molecular weight excluding hydrogens is 418 g/mol. The summed E-state index contributed by atoms with van der Waals surface area (Å²) in [7, 11) is 1.58. The van der Waals surface area contributed by atoms with Crippen LogP contribution in [0.5, 0.6) is 5.75 Å². The summed E-state index contributed by atoms with van der Waals surface area (Å²) < 4.78 is 5.23. The number of benzene rings is 2. The third kappa shape index (κ3) is 2.77. The molecule has 0 saturated carbocycles. The number of carbonyl (C=O) groups is 1. The summed E-state index contributed by atoms with van der Waals surface area (Å²) in [6, 6.07) is 20.1. The number of fused-ring (bicyclic) bond motifs is 3. The van der Waals surface area contributed by atoms with Gasteiger partial charge in [0.05, 0.1) is 25.3 Å². The molecule has 1 saturated heterocycles. The van der Waals surface area contributed by atoms with Gasteiger partial charge in [-0.1, -0.05) is 24.3 Å². The van der Waals surface area contributed by atoms with Gasteiger partial charge in [0, 0.05) is 17.7 Å². The molecule has 0 amide bonds. The van der Waals surface area contributed by atoms with Gasteiger partial charge in [-0.05, 0) is 63.9 Å². The molecule has 0 unspecified atom stereocenters. The molecule has 0 spiro atoms. The molecule has 3 aromatic rings. The first-order valence-corrected chi connectivity index (χ1v) is 11.2. The minimum atomic E-state index is -1.42. The Hall–Kier alpha value is -3.87. The van der Waals surface area contributed by atoms with E-state index in [4.69, 9.17) is 4.74 Å². The van der Waals surface area contributed by atoms with Gasteiger partial charge in [0.1, 0.15) is 11.8 Å². The van der Waals surface area contributed by atoms with Gasteiger partial charge in [-0.15, -0.1) is 0 Å². The van der Waals surface area contributed by atoms with Crippen molar-refractivity contribution in [3.63, 3.8) is 0 Å². The van der Waals surface area contributed by atoms with Crippen LogP contribution < -0.4 is 4.74 Å². The number of rotatable bonds is 4. The van der Waals surface area contributed by atoms with E-state index < -0.39 is 23.4 Å². The molecule has 0 aliphatic carbocycles. The van der Waals surface area contributed by atoms with Gasteiger partial charge < -0.3 is 9.64 Å². The zero-order chi connectivity index (χ0) is 22.3. The molecule has 32 heavy (non-hydrogen) atoms. The lowest BCUT2D eigenvalue weighted by atomic mass is 9.68. The molecule has 156 valence electrons. The molecule has 1 aromatic heterocycles. The number of methoxy groups -OCH3 is 1. The summed E-state index contributed by atoms with van der Waals surface area (Å²) in [4.78, 5) is 15.8. The van der Waals surface area contributed by atoms with E-state index >= 15 is 0 Å². The molecule has 0 N–H and O–H groups in total. The minimum absolute atomic E-state index is 0.120. The van der Waals surface area contributed by atoms with Crippen LogP contribution in [-0.2, 0) is 0 Å². The second-order valence-electron chi connectivity index (χ2n) is 7.96. The molecule has 2 aliphatic rings. The predicted octanol–water partition coefficient (Wildman–Crippen LogP) is 5.17. The molecule has 1 fully saturated rings. The molecule has 2 aliphatic heterocycles. The molecular formula is C26H19N3O2S. The third-order valence-electron chi connectivity index (χ3n) is 6.49. The van der Waals surface area contributed by atoms with Gasteiger partial charge in [-0.25, -0.2) is 0 Å². The number of ether oxygens (including phenoxy) is 1. The number of ketones is 1. The summed E-state index contributed by atoms with van der Waals surface area (Å²) in [5.74, 6) is -0.0557. The summed E-state index contributed by atoms with van der Waals surface area (Å²) in [5.41, 5.74) is 1.79. The number of carbonyl (C=O) groups excluding carboxylic acids is 1. The second kappa shape index (κ2) is 7.67. The molecule has 5 nitrogen and oxygen atoms in total. The van der Waals surface area contributed by atoms with E-state index in [1.165, 1.54) is 11.3 Å². The Morgan fingerprint density at radius 3 is 2.50 bits per heavy atom. The number of hydrogen-bond donors (Lipinski definition) is 0. The van der Waals surface area contributed by atoms with Gasteiger partial charge in [0.25, 0.3) is 0 Å². The predicted molar refractivity (Wildman–Crippen MR) is 122 cm³/mol. The standard InChI is InChI=1S/C26H19N3O2S/c1-31-20-8-6-18(7-9-20)24(30)23-22(19-11-13-32-14-19)26(15-27,16-28)25-21-5-3-2-4-17(21)10-12-29(23)25/h2-14,22-23,25H,1H3/t22-,23-,25+/m0/s1. The van der Waals surface area contributed by atoms with Crippen molar-refractivity contribution < 1.29 is 9.53 Å². The Labute approximate surface area is 190 Å². The van der Waals surface area contributed by atoms with Crippen molar-refractivity contribution in [2.75, 3.05) is 7.11 Å². The molecule has 0 bridgehead atoms. The highest BCUT2D eigenvalue weighted by Crippen LogP contribution is 2.60. The maximum atomic E-state index is 13.9. The average molecular weight is 438 g/mol. The van der Waals surface area contributed by atoms with E-state index in [1.807, 2.05) is 58.3 Å². The van der Waals surface area contributed by atoms with Crippen LogP contribution in [0.1, 0.15) is 39.0 Å². The van der Waals surface area contributed by atoms with Gasteiger partial charge in [0.15, 0.2) is 11.2 Å². The topological polar surface area (TPSA) is 77.1 Å². The van der Waals surface area contributed by atoms with Crippen molar-refractivity contribution in [2.24, 2.45) is 5.41 Å². The lowest BCUT2D eigenvalue weighted by molar-refractivity contribution is 0.0875. The first kappa shape index (κ1) is 20.1. The van der Waals surface area contributed by atoms with E-state index in [1.54, 1.807) is 31.4 Å². The van der Waals surface area contributed by atoms with Crippen LogP contribution in [0.25, 0.3) is 6.08 Å². The van der Waals surface area contributed by atoms with Gasteiger partial charge in [-0.3, -0.25) is 4.79 Å². The lowest BCUT2D eigenvalue weighted by Crippen LogP contribution is -2.37. The zero-order valence-corrected chi connectivity index (χ0v) is 18.1. The highest BCUT2D eigenvalue weighted by molar-refractivity contribution is 7.08. The fourth-order valence-electron chi connectivity index (χ4n) is 5.05. The Morgan fingerprint density at radius 2 is 1.84 bits per heavy atom. The number of nitrogens with zero attached hydrogens (tertiary/aromatic N) is 3. The number of hydrogen-bond acceptors (Lipinski definition) is 6. The van der Waals surface area contributed by atoms with Crippen molar-refractivity contribution in [3.8, 4) is 17.9 Å². The first-order valence-electron chi connectivity index (χ1n) is 10.2. The summed E-state index contributed by atoms with van der Waals surface area (Å²) >= 11 is 1.50. The van der Waals surface area contributed by atoms with E-state index in [9.17, 15) is 15.3 Å². The zero-order valence-electron chi connectivity index (χ0n) is 17.3. The molecule has 5 rings (SSSR count). The Kier molecular flexibility index (Phi) is 4.81. The largest absolute Gasteiger partial charge is 0.497 e. The van der Waals surface area contributed by atoms with Crippen LogP contribution in [0, 0.1) is 28.1 Å². The highest BCUT2D eigenvalue weighted by atomic mass is 32.1. The maximum absolute atomic E-state index is 13.9. The SMILES string of the molecule is COc1ccc(C(=O)[C@@H]2[C@H](c3ccsc3)C(C#N)(C#N)[C@H]3c4ccccc4C=CN23)cc1. The average Bonchev–Trinajstić information content (AvgIpc) is 3.48. The van der Waals surface area contributed by atoms with Crippen LogP contribution >= 0.6 is 11.3 Å². The smallest absolute Gasteiger partial charge is 0.185 e. The summed E-state index contributed by atoms with van der Waals surface area (Å²) in [5, 5.41) is 24.7. The second-order valence-corrected chi connectivity index (χ2v) is 8.74. The summed E-state index contributed by atoms with van der Waals surface area (Å²) in [6.45, 7) is 0. The quantitative estimate of drug-likeness (QED) is 0.527. The minimum Gasteiger partial charge on any atom is -0.497 e. The lowest BCUT2D eigenvalue weighted by Gasteiger charge is -2.34. The van der Waals surface area contributed by atoms with Crippen molar-refractivity contribution in [3.05, 3.63) is 93.8 Å². The van der Waals surface area contributed by atoms with Crippen LogP contribution in [0.15, 0.2) is 71.6 Å². The normalized spacial score (nSPS) is 22.3. The molecule has 0 radical (unpaired) electrons. The Balaban J connectivity index is 1.72. The van der Waals surface area contributed by atoms with E-state index in [0.29, 0.717) is 11.3 Å². The van der Waals surface area contributed by atoms with Crippen molar-refractivity contribution in [2.45, 2.75) is 18.0 Å². The molecule has 3 heterocycles. The monoisotopic (exact) mass is 437 g/mol. The molecule has 2 aromatic carbocycles. The summed E-state index contributed by atoms with van der Waals surface area (Å²) in [6.07, 6.45) is 3.82. The van der Waals surface area contributed by atoms with E-state index in [-0.39, 0.29) is 5.78 Å². The Bertz CT molecular complexity index is 1270. The van der Waals surface area contributed by atoms with E-state index in [2.05, 4.69) is 12.1 Å². The molecule has 3 atom stereocenters. The van der Waals surface area contributed by atoms with Crippen molar-refractivity contribution in [1.82, 2.24) is 4.90 Å². The maximum Gasteiger partial charge on any atom is 0.185 e. The van der Waals surface area contributed by atoms with Crippen LogP contribution in [0.4, 0.5) is 0 Å². The Morgan fingerprint density at radius 1 is 1.09 bits per heavy atom. The fourth-order valence-corrected chi connectivity index (χ4v) is 5.74. The van der Waals surface area contributed by atoms with Gasteiger partial charge >= 0.3 is 0 Å². The number of nitriles is 2. The first-order chi connectivity index (χ1) is 15.6. The molecule has 6 heteroatoms. The fraction of sp³-hybridized carbons (Fsp3) is 0.192. The number of thiophene rings is 1. The van der Waals surface area contributed by atoms with Gasteiger partial charge in [-0.2, -0.15) is 21.9 Å². The van der Waals surface area contributed by atoms with Crippen LogP contribution in [-0.4, -0.2) is 23.8 Å². The third-order valence-corrected chi connectivity index (χ3v) is 7.19. The van der Waals surface area contributed by atoms with Gasteiger partial charge in [0.2, 0.25) is 0 Å². The van der Waals surface area contributed by atoms with Crippen molar-refractivity contribution >= 4 is 23.2 Å². The van der Waals surface area contributed by atoms with E-state index in [0.717, 1.165) is 16.7 Å². The number of Topliss-reactive ketones (excluding diaryl/α,β-unsaturated/α-hetero) is 1.